The maximum atomic E-state index is 13.2. The summed E-state index contributed by atoms with van der Waals surface area (Å²) in [5.74, 6) is 1.11. The molecular weight excluding hydrogens is 336 g/mol. The van der Waals surface area contributed by atoms with Gasteiger partial charge in [0.25, 0.3) is 0 Å². The molecule has 0 fully saturated rings. The Kier molecular flexibility index (Phi) is 3.82. The normalized spacial score (nSPS) is 21.6. The van der Waals surface area contributed by atoms with Crippen molar-refractivity contribution in [1.29, 1.82) is 0 Å². The summed E-state index contributed by atoms with van der Waals surface area (Å²) in [7, 11) is 0. The first-order chi connectivity index (χ1) is 13.3. The van der Waals surface area contributed by atoms with E-state index in [-0.39, 0.29) is 17.7 Å². The Morgan fingerprint density at radius 2 is 1.63 bits per heavy atom. The van der Waals surface area contributed by atoms with Crippen molar-refractivity contribution in [2.24, 2.45) is 0 Å². The summed E-state index contributed by atoms with van der Waals surface area (Å²) >= 11 is 0. The fourth-order valence-corrected chi connectivity index (χ4v) is 4.12. The standard InChI is InChI=1S/C23H20N2O2/c26-20-14-16(15-7-2-1-3-8-15)13-19-22(20)23(21-11-6-12-27-21)25-18-10-5-4-9-17(18)24-19/h1-12,16,23-25H,13-14H2/t16-,23-/m1/s1. The molecule has 2 atom stereocenters. The fourth-order valence-electron chi connectivity index (χ4n) is 4.12. The van der Waals surface area contributed by atoms with Gasteiger partial charge in [0.15, 0.2) is 5.78 Å². The van der Waals surface area contributed by atoms with E-state index in [9.17, 15) is 4.79 Å². The number of hydrogen-bond acceptors (Lipinski definition) is 4. The van der Waals surface area contributed by atoms with Crippen molar-refractivity contribution in [2.45, 2.75) is 24.8 Å². The molecule has 2 aromatic carbocycles. The molecule has 0 spiro atoms. The van der Waals surface area contributed by atoms with Crippen LogP contribution in [0.1, 0.15) is 36.1 Å². The molecule has 2 N–H and O–H groups in total. The zero-order valence-corrected chi connectivity index (χ0v) is 14.8. The molecule has 0 saturated heterocycles. The predicted molar refractivity (Wildman–Crippen MR) is 106 cm³/mol. The van der Waals surface area contributed by atoms with Crippen LogP contribution in [0.3, 0.4) is 0 Å². The van der Waals surface area contributed by atoms with E-state index in [1.165, 1.54) is 5.56 Å². The molecule has 2 heterocycles. The zero-order chi connectivity index (χ0) is 18.2. The van der Waals surface area contributed by atoms with Crippen LogP contribution in [0, 0.1) is 0 Å². The number of fused-ring (bicyclic) bond motifs is 1. The largest absolute Gasteiger partial charge is 0.467 e. The van der Waals surface area contributed by atoms with Gasteiger partial charge in [-0.3, -0.25) is 4.79 Å². The number of hydrogen-bond donors (Lipinski definition) is 2. The first-order valence-corrected chi connectivity index (χ1v) is 9.27. The van der Waals surface area contributed by atoms with Gasteiger partial charge >= 0.3 is 0 Å². The van der Waals surface area contributed by atoms with Crippen molar-refractivity contribution in [2.75, 3.05) is 10.6 Å². The third kappa shape index (κ3) is 2.83. The lowest BCUT2D eigenvalue weighted by molar-refractivity contribution is -0.116. The van der Waals surface area contributed by atoms with Gasteiger partial charge in [-0.05, 0) is 42.2 Å². The van der Waals surface area contributed by atoms with Crippen molar-refractivity contribution in [3.63, 3.8) is 0 Å². The zero-order valence-electron chi connectivity index (χ0n) is 14.8. The first kappa shape index (κ1) is 15.9. The second-order valence-electron chi connectivity index (χ2n) is 7.09. The highest BCUT2D eigenvalue weighted by molar-refractivity contribution is 6.01. The second kappa shape index (κ2) is 6.47. The van der Waals surface area contributed by atoms with Gasteiger partial charge in [-0.1, -0.05) is 42.5 Å². The van der Waals surface area contributed by atoms with Crippen LogP contribution in [0.15, 0.2) is 88.7 Å². The number of allylic oxidation sites excluding steroid dienone is 1. The number of nitrogens with one attached hydrogen (secondary N) is 2. The van der Waals surface area contributed by atoms with E-state index in [2.05, 4.69) is 22.8 Å². The molecule has 3 aromatic rings. The highest BCUT2D eigenvalue weighted by atomic mass is 16.3. The monoisotopic (exact) mass is 356 g/mol. The minimum absolute atomic E-state index is 0.166. The smallest absolute Gasteiger partial charge is 0.163 e. The third-order valence-corrected chi connectivity index (χ3v) is 5.41. The number of anilines is 2. The Morgan fingerprint density at radius 3 is 2.41 bits per heavy atom. The average Bonchev–Trinajstić information content (AvgIpc) is 3.17. The lowest BCUT2D eigenvalue weighted by atomic mass is 9.79. The molecule has 1 aliphatic heterocycles. The molecular formula is C23H20N2O2. The molecule has 4 heteroatoms. The molecule has 5 rings (SSSR count). The van der Waals surface area contributed by atoms with Crippen LogP contribution in [-0.2, 0) is 4.79 Å². The first-order valence-electron chi connectivity index (χ1n) is 9.27. The van der Waals surface area contributed by atoms with Gasteiger partial charge < -0.3 is 15.1 Å². The summed E-state index contributed by atoms with van der Waals surface area (Å²) in [6.07, 6.45) is 2.97. The van der Waals surface area contributed by atoms with Crippen molar-refractivity contribution < 1.29 is 9.21 Å². The maximum absolute atomic E-state index is 13.2. The van der Waals surface area contributed by atoms with Crippen LogP contribution >= 0.6 is 0 Å². The highest BCUT2D eigenvalue weighted by Gasteiger charge is 2.36. The summed E-state index contributed by atoms with van der Waals surface area (Å²) in [6, 6.07) is 21.8. The minimum atomic E-state index is -0.282. The summed E-state index contributed by atoms with van der Waals surface area (Å²) in [5.41, 5.74) is 4.93. The van der Waals surface area contributed by atoms with Crippen molar-refractivity contribution in [3.8, 4) is 0 Å². The lowest BCUT2D eigenvalue weighted by Crippen LogP contribution is -2.26. The van der Waals surface area contributed by atoms with Crippen molar-refractivity contribution in [1.82, 2.24) is 0 Å². The third-order valence-electron chi connectivity index (χ3n) is 5.41. The van der Waals surface area contributed by atoms with Crippen molar-refractivity contribution >= 4 is 17.2 Å². The number of benzene rings is 2. The highest BCUT2D eigenvalue weighted by Crippen LogP contribution is 2.44. The average molecular weight is 356 g/mol. The summed E-state index contributed by atoms with van der Waals surface area (Å²) in [5, 5.41) is 7.05. The van der Waals surface area contributed by atoms with E-state index < -0.39 is 0 Å². The van der Waals surface area contributed by atoms with Crippen LogP contribution in [0.25, 0.3) is 0 Å². The second-order valence-corrected chi connectivity index (χ2v) is 7.09. The molecule has 0 saturated carbocycles. The summed E-state index contributed by atoms with van der Waals surface area (Å²) in [6.45, 7) is 0. The topological polar surface area (TPSA) is 54.3 Å². The Morgan fingerprint density at radius 1 is 0.852 bits per heavy atom. The van der Waals surface area contributed by atoms with E-state index in [1.807, 2.05) is 54.6 Å². The van der Waals surface area contributed by atoms with Gasteiger partial charge in [0, 0.05) is 17.7 Å². The van der Waals surface area contributed by atoms with E-state index in [0.717, 1.165) is 34.8 Å². The van der Waals surface area contributed by atoms with Crippen LogP contribution < -0.4 is 10.6 Å². The SMILES string of the molecule is O=C1C[C@H](c2ccccc2)CC2=C1[C@@H](c1ccco1)Nc1ccccc1N2. The molecule has 1 aliphatic carbocycles. The fraction of sp³-hybridized carbons (Fsp3) is 0.174. The molecule has 4 nitrogen and oxygen atoms in total. The number of para-hydroxylation sites is 2. The van der Waals surface area contributed by atoms with Crippen LogP contribution in [-0.4, -0.2) is 5.78 Å². The van der Waals surface area contributed by atoms with Gasteiger partial charge in [-0.25, -0.2) is 0 Å². The van der Waals surface area contributed by atoms with E-state index >= 15 is 0 Å². The predicted octanol–water partition coefficient (Wildman–Crippen LogP) is 5.26. The van der Waals surface area contributed by atoms with Gasteiger partial charge in [0.05, 0.1) is 17.6 Å². The molecule has 0 amide bonds. The number of rotatable bonds is 2. The van der Waals surface area contributed by atoms with E-state index in [4.69, 9.17) is 4.42 Å². The molecule has 0 bridgehead atoms. The summed E-state index contributed by atoms with van der Waals surface area (Å²) < 4.78 is 5.68. The number of ketones is 1. The summed E-state index contributed by atoms with van der Waals surface area (Å²) in [4.78, 5) is 13.2. The van der Waals surface area contributed by atoms with Crippen LogP contribution in [0.4, 0.5) is 11.4 Å². The number of furan rings is 1. The number of Topliss-reactive ketones (excluding diaryl/α,β-unsaturated/α-hetero) is 1. The molecule has 2 aliphatic rings. The maximum Gasteiger partial charge on any atom is 0.163 e. The molecule has 134 valence electrons. The van der Waals surface area contributed by atoms with E-state index in [0.29, 0.717) is 6.42 Å². The molecule has 1 aromatic heterocycles. The molecule has 0 unspecified atom stereocenters. The van der Waals surface area contributed by atoms with Crippen molar-refractivity contribution in [3.05, 3.63) is 95.6 Å². The Balaban J connectivity index is 1.61. The Labute approximate surface area is 157 Å². The van der Waals surface area contributed by atoms with E-state index in [1.54, 1.807) is 6.26 Å². The van der Waals surface area contributed by atoms with Gasteiger partial charge in [-0.15, -0.1) is 0 Å². The lowest BCUT2D eigenvalue weighted by Gasteiger charge is -2.29. The van der Waals surface area contributed by atoms with Gasteiger partial charge in [0.2, 0.25) is 0 Å². The minimum Gasteiger partial charge on any atom is -0.467 e. The quantitative estimate of drug-likeness (QED) is 0.658. The van der Waals surface area contributed by atoms with Crippen LogP contribution in [0.5, 0.6) is 0 Å². The Hall–Kier alpha value is -3.27. The molecule has 0 radical (unpaired) electrons. The van der Waals surface area contributed by atoms with Crippen LogP contribution in [0.2, 0.25) is 0 Å². The van der Waals surface area contributed by atoms with Gasteiger partial charge in [-0.2, -0.15) is 0 Å². The molecule has 27 heavy (non-hydrogen) atoms. The number of carbonyl (C=O) groups excluding carboxylic acids is 1. The Bertz CT molecular complexity index is 1010. The number of carbonyl (C=O) groups is 1. The van der Waals surface area contributed by atoms with Gasteiger partial charge in [0.1, 0.15) is 11.8 Å².